The highest BCUT2D eigenvalue weighted by atomic mass is 32.1. The standard InChI is InChI=1S/C19H20N2O2S.C2H6/c1-20-8-10-21(11-9-20)18(19(22)23)13-6-7-17-15(12-13)14-4-2-3-5-16(14)24-17;1-2/h2-7,12,18H,8-11H2,1H3,(H,22,23);1-2H3. The molecule has 1 atom stereocenters. The van der Waals surface area contributed by atoms with E-state index in [9.17, 15) is 9.90 Å². The molecule has 3 aromatic rings. The molecule has 0 spiro atoms. The first-order valence-electron chi connectivity index (χ1n) is 9.20. The number of piperazine rings is 1. The summed E-state index contributed by atoms with van der Waals surface area (Å²) < 4.78 is 2.46. The third-order valence-corrected chi connectivity index (χ3v) is 6.01. The molecule has 1 saturated heterocycles. The topological polar surface area (TPSA) is 43.8 Å². The number of likely N-dealkylation sites (N-methyl/N-ethyl adjacent to an activating group) is 1. The summed E-state index contributed by atoms with van der Waals surface area (Å²) in [5.74, 6) is -0.765. The van der Waals surface area contributed by atoms with Crippen molar-refractivity contribution in [2.45, 2.75) is 19.9 Å². The summed E-state index contributed by atoms with van der Waals surface area (Å²) >= 11 is 1.76. The molecule has 0 radical (unpaired) electrons. The molecule has 1 aliphatic rings. The Balaban J connectivity index is 0.000000948. The van der Waals surface area contributed by atoms with Gasteiger partial charge in [-0.05, 0) is 30.8 Å². The molecule has 26 heavy (non-hydrogen) atoms. The van der Waals surface area contributed by atoms with Gasteiger partial charge < -0.3 is 10.0 Å². The number of carboxylic acids is 1. The summed E-state index contributed by atoms with van der Waals surface area (Å²) in [6.07, 6.45) is 0. The molecule has 1 unspecified atom stereocenters. The number of carbonyl (C=O) groups is 1. The van der Waals surface area contributed by atoms with Crippen molar-refractivity contribution in [3.8, 4) is 0 Å². The average molecular weight is 371 g/mol. The van der Waals surface area contributed by atoms with Gasteiger partial charge in [-0.15, -0.1) is 11.3 Å². The molecule has 5 heteroatoms. The summed E-state index contributed by atoms with van der Waals surface area (Å²) in [5, 5.41) is 12.2. The Bertz CT molecular complexity index is 897. The molecule has 0 aliphatic carbocycles. The van der Waals surface area contributed by atoms with Gasteiger partial charge in [0, 0.05) is 46.4 Å². The van der Waals surface area contributed by atoms with Gasteiger partial charge in [0.15, 0.2) is 0 Å². The van der Waals surface area contributed by atoms with Crippen LogP contribution in [0.2, 0.25) is 0 Å². The lowest BCUT2D eigenvalue weighted by atomic mass is 10.0. The van der Waals surface area contributed by atoms with E-state index in [-0.39, 0.29) is 0 Å². The number of aliphatic carboxylic acids is 1. The summed E-state index contributed by atoms with van der Waals surface area (Å²) in [6.45, 7) is 7.40. The van der Waals surface area contributed by atoms with Gasteiger partial charge in [0.05, 0.1) is 0 Å². The minimum absolute atomic E-state index is 0.568. The van der Waals surface area contributed by atoms with Crippen LogP contribution in [0.15, 0.2) is 42.5 Å². The van der Waals surface area contributed by atoms with Crippen LogP contribution in [0.4, 0.5) is 0 Å². The van der Waals surface area contributed by atoms with E-state index in [4.69, 9.17) is 0 Å². The maximum absolute atomic E-state index is 12.0. The van der Waals surface area contributed by atoms with Gasteiger partial charge in [0.1, 0.15) is 6.04 Å². The molecule has 0 amide bonds. The van der Waals surface area contributed by atoms with Crippen LogP contribution in [0, 0.1) is 0 Å². The number of fused-ring (bicyclic) bond motifs is 3. The molecule has 0 saturated carbocycles. The quantitative estimate of drug-likeness (QED) is 0.739. The monoisotopic (exact) mass is 370 g/mol. The highest BCUT2D eigenvalue weighted by Crippen LogP contribution is 2.36. The van der Waals surface area contributed by atoms with Crippen molar-refractivity contribution in [3.05, 3.63) is 48.0 Å². The Labute approximate surface area is 158 Å². The van der Waals surface area contributed by atoms with Gasteiger partial charge >= 0.3 is 5.97 Å². The molecule has 0 bridgehead atoms. The van der Waals surface area contributed by atoms with Crippen LogP contribution in [0.1, 0.15) is 25.5 Å². The van der Waals surface area contributed by atoms with Crippen LogP contribution in [-0.2, 0) is 4.79 Å². The zero-order chi connectivity index (χ0) is 18.7. The second-order valence-corrected chi connectivity index (χ2v) is 7.52. The second-order valence-electron chi connectivity index (χ2n) is 6.43. The fourth-order valence-electron chi connectivity index (χ4n) is 3.50. The Kier molecular flexibility index (Phi) is 5.91. The minimum Gasteiger partial charge on any atom is -0.480 e. The molecule has 1 aromatic heterocycles. The van der Waals surface area contributed by atoms with Crippen molar-refractivity contribution < 1.29 is 9.90 Å². The van der Waals surface area contributed by atoms with E-state index in [1.165, 1.54) is 14.8 Å². The number of rotatable bonds is 3. The fourth-order valence-corrected chi connectivity index (χ4v) is 4.59. The summed E-state index contributed by atoms with van der Waals surface area (Å²) in [7, 11) is 2.08. The predicted octanol–water partition coefficient (Wildman–Crippen LogP) is 4.45. The summed E-state index contributed by atoms with van der Waals surface area (Å²) in [6, 6.07) is 13.9. The van der Waals surface area contributed by atoms with E-state index >= 15 is 0 Å². The normalized spacial score (nSPS) is 17.0. The van der Waals surface area contributed by atoms with Crippen molar-refractivity contribution in [1.29, 1.82) is 0 Å². The van der Waals surface area contributed by atoms with Crippen LogP contribution in [0.25, 0.3) is 20.2 Å². The van der Waals surface area contributed by atoms with E-state index in [0.29, 0.717) is 0 Å². The number of benzene rings is 2. The summed E-state index contributed by atoms with van der Waals surface area (Å²) in [5.41, 5.74) is 0.878. The Morgan fingerprint density at radius 2 is 1.65 bits per heavy atom. The average Bonchev–Trinajstić information content (AvgIpc) is 3.03. The van der Waals surface area contributed by atoms with Gasteiger partial charge in [0.2, 0.25) is 0 Å². The lowest BCUT2D eigenvalue weighted by Crippen LogP contribution is -2.47. The predicted molar refractivity (Wildman–Crippen MR) is 110 cm³/mol. The molecule has 1 fully saturated rings. The lowest BCUT2D eigenvalue weighted by Gasteiger charge is -2.36. The van der Waals surface area contributed by atoms with Crippen LogP contribution in [-0.4, -0.2) is 54.1 Å². The van der Waals surface area contributed by atoms with E-state index in [1.54, 1.807) is 11.3 Å². The van der Waals surface area contributed by atoms with E-state index in [0.717, 1.165) is 37.1 Å². The first kappa shape index (κ1) is 18.8. The molecule has 4 rings (SSSR count). The van der Waals surface area contributed by atoms with Gasteiger partial charge in [-0.1, -0.05) is 38.1 Å². The van der Waals surface area contributed by atoms with E-state index in [2.05, 4.69) is 41.1 Å². The van der Waals surface area contributed by atoms with Crippen LogP contribution in [0.3, 0.4) is 0 Å². The number of hydrogen-bond donors (Lipinski definition) is 1. The fraction of sp³-hybridized carbons (Fsp3) is 0.381. The van der Waals surface area contributed by atoms with Crippen molar-refractivity contribution in [3.63, 3.8) is 0 Å². The van der Waals surface area contributed by atoms with Gasteiger partial charge in [-0.3, -0.25) is 9.69 Å². The lowest BCUT2D eigenvalue weighted by molar-refractivity contribution is -0.144. The second kappa shape index (κ2) is 8.16. The largest absolute Gasteiger partial charge is 0.480 e. The Morgan fingerprint density at radius 1 is 1.00 bits per heavy atom. The molecular formula is C21H26N2O2S. The molecular weight excluding hydrogens is 344 g/mol. The molecule has 4 nitrogen and oxygen atoms in total. The molecule has 1 N–H and O–H groups in total. The molecule has 2 heterocycles. The Morgan fingerprint density at radius 3 is 2.35 bits per heavy atom. The molecule has 138 valence electrons. The first-order chi connectivity index (χ1) is 12.6. The first-order valence-corrected chi connectivity index (χ1v) is 10.0. The zero-order valence-corrected chi connectivity index (χ0v) is 16.4. The maximum atomic E-state index is 12.0. The van der Waals surface area contributed by atoms with E-state index < -0.39 is 12.0 Å². The summed E-state index contributed by atoms with van der Waals surface area (Å²) in [4.78, 5) is 16.3. The van der Waals surface area contributed by atoms with Crippen molar-refractivity contribution in [1.82, 2.24) is 9.80 Å². The van der Waals surface area contributed by atoms with Crippen molar-refractivity contribution >= 4 is 37.5 Å². The maximum Gasteiger partial charge on any atom is 0.325 e. The highest BCUT2D eigenvalue weighted by molar-refractivity contribution is 7.25. The van der Waals surface area contributed by atoms with Gasteiger partial charge in [0.25, 0.3) is 0 Å². The number of hydrogen-bond acceptors (Lipinski definition) is 4. The minimum atomic E-state index is -0.765. The number of nitrogens with zero attached hydrogens (tertiary/aromatic N) is 2. The Hall–Kier alpha value is -1.95. The van der Waals surface area contributed by atoms with Crippen LogP contribution in [0.5, 0.6) is 0 Å². The van der Waals surface area contributed by atoms with Gasteiger partial charge in [-0.2, -0.15) is 0 Å². The zero-order valence-electron chi connectivity index (χ0n) is 15.6. The SMILES string of the molecule is CC.CN1CCN(C(C(=O)O)c2ccc3sc4ccccc4c3c2)CC1. The van der Waals surface area contributed by atoms with Crippen molar-refractivity contribution in [2.75, 3.05) is 33.2 Å². The van der Waals surface area contributed by atoms with Crippen LogP contribution < -0.4 is 0 Å². The number of carboxylic acid groups (broad SMARTS) is 1. The highest BCUT2D eigenvalue weighted by Gasteiger charge is 2.29. The molecule has 1 aliphatic heterocycles. The molecule has 2 aromatic carbocycles. The van der Waals surface area contributed by atoms with Crippen LogP contribution >= 0.6 is 11.3 Å². The van der Waals surface area contributed by atoms with Gasteiger partial charge in [-0.25, -0.2) is 0 Å². The third kappa shape index (κ3) is 3.61. The van der Waals surface area contributed by atoms with E-state index in [1.807, 2.05) is 32.0 Å². The smallest absolute Gasteiger partial charge is 0.325 e. The van der Waals surface area contributed by atoms with Crippen molar-refractivity contribution in [2.24, 2.45) is 0 Å². The third-order valence-electron chi connectivity index (χ3n) is 4.85. The number of thiophene rings is 1.